The number of aromatic nitrogens is 1. The van der Waals surface area contributed by atoms with Crippen LogP contribution in [-0.4, -0.2) is 23.2 Å². The van der Waals surface area contributed by atoms with E-state index in [9.17, 15) is 18.0 Å². The number of carbonyl (C=O) groups is 1. The lowest BCUT2D eigenvalue weighted by molar-refractivity contribution is -0.143. The maximum atomic E-state index is 13.5. The normalized spacial score (nSPS) is 15.5. The van der Waals surface area contributed by atoms with Crippen molar-refractivity contribution in [3.63, 3.8) is 0 Å². The lowest BCUT2D eigenvalue weighted by atomic mass is 10.00. The van der Waals surface area contributed by atoms with Crippen molar-refractivity contribution < 1.29 is 32.2 Å². The van der Waals surface area contributed by atoms with Gasteiger partial charge in [0.15, 0.2) is 0 Å². The van der Waals surface area contributed by atoms with Crippen LogP contribution in [0.15, 0.2) is 36.4 Å². The Bertz CT molecular complexity index is 1240. The maximum absolute atomic E-state index is 13.5. The molecule has 0 saturated heterocycles. The summed E-state index contributed by atoms with van der Waals surface area (Å²) in [6.45, 7) is 6.16. The Kier molecular flexibility index (Phi) is 7.22. The molecule has 0 radical (unpaired) electrons. The molecule has 1 aliphatic heterocycles. The highest BCUT2D eigenvalue weighted by Crippen LogP contribution is 2.44. The molecule has 1 aromatic heterocycles. The Morgan fingerprint density at radius 1 is 1.20 bits per heavy atom. The maximum Gasteiger partial charge on any atom is 0.419 e. The zero-order valence-corrected chi connectivity index (χ0v) is 20.5. The molecule has 3 aromatic rings. The monoisotopic (exact) mass is 509 g/mol. The first-order valence-electron chi connectivity index (χ1n) is 11.5. The zero-order valence-electron chi connectivity index (χ0n) is 19.7. The second kappa shape index (κ2) is 10.0. The van der Waals surface area contributed by atoms with E-state index < -0.39 is 11.7 Å². The first kappa shape index (κ1) is 25.2. The Balaban J connectivity index is 1.54. The van der Waals surface area contributed by atoms with E-state index in [1.54, 1.807) is 39.0 Å². The van der Waals surface area contributed by atoms with Crippen molar-refractivity contribution in [2.24, 2.45) is 0 Å². The number of carbonyl (C=O) groups excluding carboxylic acids is 1. The van der Waals surface area contributed by atoms with Crippen molar-refractivity contribution in [3.8, 4) is 11.5 Å². The summed E-state index contributed by atoms with van der Waals surface area (Å²) in [6.07, 6.45) is -3.85. The van der Waals surface area contributed by atoms with Crippen molar-refractivity contribution >= 4 is 28.5 Å². The van der Waals surface area contributed by atoms with E-state index >= 15 is 0 Å². The standard InChI is InChI=1S/C26H27ClF3NO4/c1-4-33-23(32)12-17-9-10-31-21-7-6-18(13-19(21)24(27)25(17)31)34-14-16-5-8-22(35-15(2)3)20(11-16)26(28,29)30/h5-8,11,13,15,17H,4,9-10,12,14H2,1-3H3. The summed E-state index contributed by atoms with van der Waals surface area (Å²) >= 11 is 6.71. The molecule has 1 unspecified atom stereocenters. The number of rotatable bonds is 8. The largest absolute Gasteiger partial charge is 0.490 e. The average Bonchev–Trinajstić information content (AvgIpc) is 3.31. The van der Waals surface area contributed by atoms with E-state index in [0.717, 1.165) is 35.6 Å². The molecule has 0 N–H and O–H groups in total. The van der Waals surface area contributed by atoms with Gasteiger partial charge in [-0.2, -0.15) is 13.2 Å². The van der Waals surface area contributed by atoms with Gasteiger partial charge in [0.05, 0.1) is 35.2 Å². The highest BCUT2D eigenvalue weighted by Gasteiger charge is 2.35. The van der Waals surface area contributed by atoms with E-state index in [1.165, 1.54) is 6.07 Å². The lowest BCUT2D eigenvalue weighted by Crippen LogP contribution is -2.13. The number of fused-ring (bicyclic) bond motifs is 3. The Hall–Kier alpha value is -2.87. The number of hydrogen-bond donors (Lipinski definition) is 0. The van der Waals surface area contributed by atoms with E-state index in [4.69, 9.17) is 25.8 Å². The minimum absolute atomic E-state index is 0.0225. The number of alkyl halides is 3. The van der Waals surface area contributed by atoms with Crippen molar-refractivity contribution in [2.75, 3.05) is 6.61 Å². The Morgan fingerprint density at radius 3 is 2.66 bits per heavy atom. The van der Waals surface area contributed by atoms with Gasteiger partial charge in [0.25, 0.3) is 0 Å². The van der Waals surface area contributed by atoms with Crippen LogP contribution in [0, 0.1) is 0 Å². The second-order valence-electron chi connectivity index (χ2n) is 8.81. The van der Waals surface area contributed by atoms with E-state index in [-0.39, 0.29) is 36.8 Å². The number of nitrogens with zero attached hydrogens (tertiary/aromatic N) is 1. The number of halogens is 4. The molecule has 0 aliphatic carbocycles. The van der Waals surface area contributed by atoms with Crippen LogP contribution in [0.4, 0.5) is 13.2 Å². The Labute approximate surface area is 206 Å². The van der Waals surface area contributed by atoms with Gasteiger partial charge >= 0.3 is 12.1 Å². The van der Waals surface area contributed by atoms with Crippen molar-refractivity contribution in [1.29, 1.82) is 0 Å². The second-order valence-corrected chi connectivity index (χ2v) is 9.19. The molecule has 0 spiro atoms. The molecule has 5 nitrogen and oxygen atoms in total. The van der Waals surface area contributed by atoms with E-state index in [0.29, 0.717) is 22.9 Å². The number of ether oxygens (including phenoxy) is 3. The van der Waals surface area contributed by atoms with Crippen LogP contribution >= 0.6 is 11.6 Å². The van der Waals surface area contributed by atoms with E-state index in [2.05, 4.69) is 4.57 Å². The van der Waals surface area contributed by atoms with Gasteiger partial charge in [-0.25, -0.2) is 0 Å². The summed E-state index contributed by atoms with van der Waals surface area (Å²) in [5.41, 5.74) is 1.37. The summed E-state index contributed by atoms with van der Waals surface area (Å²) in [5.74, 6) is 0.0110. The third-order valence-electron chi connectivity index (χ3n) is 5.93. The van der Waals surface area contributed by atoms with Crippen molar-refractivity contribution in [2.45, 2.75) is 65.0 Å². The van der Waals surface area contributed by atoms with Gasteiger partial charge in [-0.15, -0.1) is 0 Å². The fraction of sp³-hybridized carbons (Fsp3) is 0.423. The van der Waals surface area contributed by atoms with Crippen LogP contribution in [0.3, 0.4) is 0 Å². The van der Waals surface area contributed by atoms with Gasteiger partial charge in [-0.1, -0.05) is 17.7 Å². The van der Waals surface area contributed by atoms with Gasteiger partial charge in [0, 0.05) is 23.5 Å². The summed E-state index contributed by atoms with van der Waals surface area (Å²) in [5, 5.41) is 1.34. The molecule has 4 rings (SSSR count). The molecule has 0 bridgehead atoms. The SMILES string of the molecule is CCOC(=O)CC1CCn2c1c(Cl)c1cc(OCc3ccc(OC(C)C)c(C(F)(F)F)c3)ccc12. The first-order valence-corrected chi connectivity index (χ1v) is 11.9. The molecule has 2 heterocycles. The van der Waals surface area contributed by atoms with Crippen LogP contribution in [0.5, 0.6) is 11.5 Å². The molecular weight excluding hydrogens is 483 g/mol. The molecule has 188 valence electrons. The molecule has 0 amide bonds. The van der Waals surface area contributed by atoms with Crippen molar-refractivity contribution in [3.05, 3.63) is 58.2 Å². The number of hydrogen-bond acceptors (Lipinski definition) is 4. The molecular formula is C26H27ClF3NO4. The molecule has 1 aliphatic rings. The fourth-order valence-electron chi connectivity index (χ4n) is 4.50. The average molecular weight is 510 g/mol. The molecule has 1 atom stereocenters. The van der Waals surface area contributed by atoms with Crippen LogP contribution in [0.1, 0.15) is 56.4 Å². The third-order valence-corrected chi connectivity index (χ3v) is 6.33. The predicted molar refractivity (Wildman–Crippen MR) is 127 cm³/mol. The minimum Gasteiger partial charge on any atom is -0.490 e. The third kappa shape index (κ3) is 5.37. The van der Waals surface area contributed by atoms with Gasteiger partial charge in [0.2, 0.25) is 0 Å². The first-order chi connectivity index (χ1) is 16.6. The summed E-state index contributed by atoms with van der Waals surface area (Å²) in [7, 11) is 0. The topological polar surface area (TPSA) is 49.7 Å². The Morgan fingerprint density at radius 2 is 1.97 bits per heavy atom. The summed E-state index contributed by atoms with van der Waals surface area (Å²) in [6, 6.07) is 9.37. The van der Waals surface area contributed by atoms with Gasteiger partial charge < -0.3 is 18.8 Å². The number of esters is 1. The lowest BCUT2D eigenvalue weighted by Gasteiger charge is -2.17. The highest BCUT2D eigenvalue weighted by molar-refractivity contribution is 6.36. The number of benzene rings is 2. The molecule has 9 heteroatoms. The highest BCUT2D eigenvalue weighted by atomic mass is 35.5. The van der Waals surface area contributed by atoms with E-state index in [1.807, 2.05) is 6.07 Å². The van der Waals surface area contributed by atoms with Gasteiger partial charge in [-0.3, -0.25) is 4.79 Å². The van der Waals surface area contributed by atoms with Gasteiger partial charge in [0.1, 0.15) is 18.1 Å². The van der Waals surface area contributed by atoms with Crippen LogP contribution in [0.25, 0.3) is 10.9 Å². The quantitative estimate of drug-likeness (QED) is 0.303. The van der Waals surface area contributed by atoms with Crippen molar-refractivity contribution in [1.82, 2.24) is 4.57 Å². The summed E-state index contributed by atoms with van der Waals surface area (Å²) in [4.78, 5) is 12.0. The van der Waals surface area contributed by atoms with Crippen LogP contribution in [0.2, 0.25) is 5.02 Å². The zero-order chi connectivity index (χ0) is 25.3. The smallest absolute Gasteiger partial charge is 0.419 e. The fourth-order valence-corrected chi connectivity index (χ4v) is 4.90. The molecule has 0 fully saturated rings. The van der Waals surface area contributed by atoms with Crippen LogP contribution < -0.4 is 9.47 Å². The number of aryl methyl sites for hydroxylation is 1. The molecule has 35 heavy (non-hydrogen) atoms. The van der Waals surface area contributed by atoms with Crippen LogP contribution in [-0.2, 0) is 28.9 Å². The minimum atomic E-state index is -4.54. The molecule has 0 saturated carbocycles. The van der Waals surface area contributed by atoms with Gasteiger partial charge in [-0.05, 0) is 63.1 Å². The summed E-state index contributed by atoms with van der Waals surface area (Å²) < 4.78 is 58.9. The predicted octanol–water partition coefficient (Wildman–Crippen LogP) is 7.12. The molecule has 2 aromatic carbocycles.